The quantitative estimate of drug-likeness (QED) is 0.627. The van der Waals surface area contributed by atoms with Gasteiger partial charge in [-0.2, -0.15) is 0 Å². The lowest BCUT2D eigenvalue weighted by Gasteiger charge is -2.20. The molecule has 116 valence electrons. The molecule has 1 aliphatic heterocycles. The van der Waals surface area contributed by atoms with Gasteiger partial charge in [0.1, 0.15) is 0 Å². The first-order chi connectivity index (χ1) is 9.67. The number of methoxy groups -OCH3 is 1. The topological polar surface area (TPSA) is 84.7 Å². The third-order valence-electron chi connectivity index (χ3n) is 3.61. The van der Waals surface area contributed by atoms with Crippen LogP contribution in [0, 0.1) is 0 Å². The van der Waals surface area contributed by atoms with Gasteiger partial charge in [0.2, 0.25) is 11.8 Å². The van der Waals surface area contributed by atoms with Gasteiger partial charge in [-0.3, -0.25) is 9.59 Å². The Labute approximate surface area is 121 Å². The summed E-state index contributed by atoms with van der Waals surface area (Å²) in [6, 6.07) is 0. The summed E-state index contributed by atoms with van der Waals surface area (Å²) in [5.41, 5.74) is 5.46. The van der Waals surface area contributed by atoms with E-state index >= 15 is 0 Å². The molecule has 1 rings (SSSR count). The van der Waals surface area contributed by atoms with Gasteiger partial charge >= 0.3 is 0 Å². The summed E-state index contributed by atoms with van der Waals surface area (Å²) in [5.74, 6) is 0.195. The minimum atomic E-state index is -0.220. The number of rotatable bonds is 8. The average Bonchev–Trinajstić information content (AvgIpc) is 2.66. The zero-order valence-corrected chi connectivity index (χ0v) is 12.4. The first-order valence-corrected chi connectivity index (χ1v) is 7.44. The van der Waals surface area contributed by atoms with Crippen LogP contribution in [0.2, 0.25) is 0 Å². The molecule has 2 amide bonds. The van der Waals surface area contributed by atoms with E-state index in [0.29, 0.717) is 19.5 Å². The minimum Gasteiger partial charge on any atom is -0.380 e. The highest BCUT2D eigenvalue weighted by Gasteiger charge is 2.16. The Morgan fingerprint density at radius 1 is 1.45 bits per heavy atom. The summed E-state index contributed by atoms with van der Waals surface area (Å²) in [6.07, 6.45) is 4.75. The van der Waals surface area contributed by atoms with Gasteiger partial charge in [-0.05, 0) is 19.3 Å². The van der Waals surface area contributed by atoms with Crippen LogP contribution in [0.4, 0.5) is 0 Å². The van der Waals surface area contributed by atoms with Crippen molar-refractivity contribution in [2.24, 2.45) is 5.73 Å². The Morgan fingerprint density at radius 3 is 2.95 bits per heavy atom. The number of nitrogens with one attached hydrogen (secondary N) is 1. The van der Waals surface area contributed by atoms with E-state index in [-0.39, 0.29) is 24.3 Å². The zero-order valence-electron chi connectivity index (χ0n) is 12.4. The predicted octanol–water partition coefficient (Wildman–Crippen LogP) is 0.259. The van der Waals surface area contributed by atoms with Crippen LogP contribution in [0.1, 0.15) is 38.5 Å². The van der Waals surface area contributed by atoms with E-state index in [1.165, 1.54) is 0 Å². The van der Waals surface area contributed by atoms with E-state index in [2.05, 4.69) is 5.32 Å². The second-order valence-electron chi connectivity index (χ2n) is 5.19. The molecule has 0 saturated carbocycles. The number of nitrogens with zero attached hydrogens (tertiary/aromatic N) is 1. The monoisotopic (exact) mass is 285 g/mol. The van der Waals surface area contributed by atoms with Crippen LogP contribution in [-0.2, 0) is 14.3 Å². The fraction of sp³-hybridized carbons (Fsp3) is 0.857. The fourth-order valence-corrected chi connectivity index (χ4v) is 2.31. The maximum absolute atomic E-state index is 11.8. The van der Waals surface area contributed by atoms with Crippen molar-refractivity contribution in [1.29, 1.82) is 0 Å². The van der Waals surface area contributed by atoms with E-state index < -0.39 is 0 Å². The SMILES string of the molecule is COC(CN)CC(=O)NCCCN1CCCCCC1=O. The summed E-state index contributed by atoms with van der Waals surface area (Å²) >= 11 is 0. The molecule has 1 fully saturated rings. The van der Waals surface area contributed by atoms with E-state index in [0.717, 1.165) is 38.8 Å². The van der Waals surface area contributed by atoms with Gasteiger partial charge in [0, 0.05) is 39.7 Å². The maximum atomic E-state index is 11.8. The first kappa shape index (κ1) is 16.9. The van der Waals surface area contributed by atoms with E-state index in [9.17, 15) is 9.59 Å². The Bertz CT molecular complexity index is 306. The Hall–Kier alpha value is -1.14. The molecular formula is C14H27N3O3. The molecule has 0 bridgehead atoms. The van der Waals surface area contributed by atoms with Crippen LogP contribution >= 0.6 is 0 Å². The lowest BCUT2D eigenvalue weighted by Crippen LogP contribution is -2.35. The van der Waals surface area contributed by atoms with Crippen LogP contribution in [0.25, 0.3) is 0 Å². The molecule has 1 saturated heterocycles. The third-order valence-corrected chi connectivity index (χ3v) is 3.61. The molecule has 6 nitrogen and oxygen atoms in total. The maximum Gasteiger partial charge on any atom is 0.222 e. The molecule has 1 atom stereocenters. The van der Waals surface area contributed by atoms with Crippen molar-refractivity contribution in [3.8, 4) is 0 Å². The van der Waals surface area contributed by atoms with Crippen molar-refractivity contribution in [1.82, 2.24) is 10.2 Å². The molecule has 0 aromatic carbocycles. The number of hydrogen-bond donors (Lipinski definition) is 2. The molecule has 0 aromatic rings. The zero-order chi connectivity index (χ0) is 14.8. The van der Waals surface area contributed by atoms with Crippen LogP contribution < -0.4 is 11.1 Å². The summed E-state index contributed by atoms with van der Waals surface area (Å²) in [6.45, 7) is 2.51. The van der Waals surface area contributed by atoms with Gasteiger partial charge in [0.15, 0.2) is 0 Å². The normalized spacial score (nSPS) is 17.7. The molecule has 0 aromatic heterocycles. The Morgan fingerprint density at radius 2 is 2.25 bits per heavy atom. The number of likely N-dealkylation sites (tertiary alicyclic amines) is 1. The molecule has 1 heterocycles. The van der Waals surface area contributed by atoms with Crippen molar-refractivity contribution < 1.29 is 14.3 Å². The summed E-state index contributed by atoms with van der Waals surface area (Å²) in [7, 11) is 1.55. The minimum absolute atomic E-state index is 0.0514. The van der Waals surface area contributed by atoms with Gasteiger partial charge in [-0.15, -0.1) is 0 Å². The summed E-state index contributed by atoms with van der Waals surface area (Å²) < 4.78 is 5.06. The molecule has 6 heteroatoms. The van der Waals surface area contributed by atoms with Gasteiger partial charge in [0.25, 0.3) is 0 Å². The van der Waals surface area contributed by atoms with E-state index in [1.54, 1.807) is 7.11 Å². The van der Waals surface area contributed by atoms with Gasteiger partial charge in [0.05, 0.1) is 12.5 Å². The molecule has 0 aliphatic carbocycles. The molecular weight excluding hydrogens is 258 g/mol. The van der Waals surface area contributed by atoms with Crippen LogP contribution in [0.5, 0.6) is 0 Å². The summed E-state index contributed by atoms with van der Waals surface area (Å²) in [4.78, 5) is 25.3. The lowest BCUT2D eigenvalue weighted by molar-refractivity contribution is -0.130. The number of carbonyl (C=O) groups excluding carboxylic acids is 2. The Kier molecular flexibility index (Phi) is 8.22. The van der Waals surface area contributed by atoms with Crippen molar-refractivity contribution in [3.05, 3.63) is 0 Å². The van der Waals surface area contributed by atoms with E-state index in [4.69, 9.17) is 10.5 Å². The number of ether oxygens (including phenoxy) is 1. The van der Waals surface area contributed by atoms with Crippen molar-refractivity contribution >= 4 is 11.8 Å². The highest BCUT2D eigenvalue weighted by molar-refractivity contribution is 5.77. The highest BCUT2D eigenvalue weighted by Crippen LogP contribution is 2.11. The largest absolute Gasteiger partial charge is 0.380 e. The number of hydrogen-bond acceptors (Lipinski definition) is 4. The smallest absolute Gasteiger partial charge is 0.222 e. The van der Waals surface area contributed by atoms with Crippen molar-refractivity contribution in [2.45, 2.75) is 44.6 Å². The average molecular weight is 285 g/mol. The van der Waals surface area contributed by atoms with Crippen LogP contribution in [-0.4, -0.2) is 56.1 Å². The lowest BCUT2D eigenvalue weighted by atomic mass is 10.2. The first-order valence-electron chi connectivity index (χ1n) is 7.44. The fourth-order valence-electron chi connectivity index (χ4n) is 2.31. The molecule has 3 N–H and O–H groups in total. The highest BCUT2D eigenvalue weighted by atomic mass is 16.5. The standard InChI is InChI=1S/C14H27N3O3/c1-20-12(11-15)10-13(18)16-7-5-9-17-8-4-2-3-6-14(17)19/h12H,2-11,15H2,1H3,(H,16,18). The van der Waals surface area contributed by atoms with Crippen LogP contribution in [0.3, 0.4) is 0 Å². The number of nitrogens with two attached hydrogens (primary N) is 1. The van der Waals surface area contributed by atoms with Crippen LogP contribution in [0.15, 0.2) is 0 Å². The molecule has 1 aliphatic rings. The second kappa shape index (κ2) is 9.72. The molecule has 0 spiro atoms. The molecule has 1 unspecified atom stereocenters. The number of amides is 2. The van der Waals surface area contributed by atoms with Crippen molar-refractivity contribution in [3.63, 3.8) is 0 Å². The van der Waals surface area contributed by atoms with Gasteiger partial charge < -0.3 is 20.7 Å². The molecule has 20 heavy (non-hydrogen) atoms. The Balaban J connectivity index is 2.14. The number of carbonyl (C=O) groups is 2. The molecule has 0 radical (unpaired) electrons. The summed E-state index contributed by atoms with van der Waals surface area (Å²) in [5, 5.41) is 2.84. The van der Waals surface area contributed by atoms with Crippen molar-refractivity contribution in [2.75, 3.05) is 33.3 Å². The predicted molar refractivity (Wildman–Crippen MR) is 77.1 cm³/mol. The second-order valence-corrected chi connectivity index (χ2v) is 5.19. The van der Waals surface area contributed by atoms with E-state index in [1.807, 2.05) is 4.90 Å². The van der Waals surface area contributed by atoms with Gasteiger partial charge in [-0.1, -0.05) is 6.42 Å². The third kappa shape index (κ3) is 6.34. The van der Waals surface area contributed by atoms with Gasteiger partial charge in [-0.25, -0.2) is 0 Å².